The Hall–Kier alpha value is -1.62. The van der Waals surface area contributed by atoms with Gasteiger partial charge in [-0.1, -0.05) is 44.2 Å². The first kappa shape index (κ1) is 13.4. The quantitative estimate of drug-likeness (QED) is 0.577. The van der Waals surface area contributed by atoms with Crippen molar-refractivity contribution in [1.82, 2.24) is 0 Å². The fraction of sp³-hybridized carbons (Fsp3) is 0.400. The molecule has 5 nitrogen and oxygen atoms in total. The Morgan fingerprint density at radius 3 is 2.07 bits per heavy atom. The number of hydrogen-bond donors (Lipinski definition) is 2. The van der Waals surface area contributed by atoms with Crippen molar-refractivity contribution < 1.29 is 15.4 Å². The number of benzene rings is 1. The average molecular weight is 213 g/mol. The molecule has 0 saturated carbocycles. The fourth-order valence-corrected chi connectivity index (χ4v) is 0.981. The third-order valence-corrected chi connectivity index (χ3v) is 1.95. The molecule has 1 aromatic carbocycles. The molecule has 0 aliphatic rings. The predicted octanol–water partition coefficient (Wildman–Crippen LogP) is 1.61. The second-order valence-electron chi connectivity index (χ2n) is 3.65. The molecular weight excluding hydrogens is 198 g/mol. The van der Waals surface area contributed by atoms with E-state index in [-0.39, 0.29) is 12.0 Å². The van der Waals surface area contributed by atoms with Gasteiger partial charge in [0, 0.05) is 5.41 Å². The Bertz CT molecular complexity index is 294. The first-order valence-corrected chi connectivity index (χ1v) is 4.40. The summed E-state index contributed by atoms with van der Waals surface area (Å²) in [5.74, 6) is 0. The first-order chi connectivity index (χ1) is 6.90. The van der Waals surface area contributed by atoms with E-state index in [0.717, 1.165) is 0 Å². The van der Waals surface area contributed by atoms with Crippen molar-refractivity contribution in [3.8, 4) is 0 Å². The summed E-state index contributed by atoms with van der Waals surface area (Å²) in [5, 5.41) is 22.7. The molecule has 1 rings (SSSR count). The van der Waals surface area contributed by atoms with Crippen molar-refractivity contribution >= 4 is 0 Å². The van der Waals surface area contributed by atoms with Gasteiger partial charge in [0.2, 0.25) is 0 Å². The van der Waals surface area contributed by atoms with Crippen LogP contribution in [0, 0.1) is 10.1 Å². The Morgan fingerprint density at radius 2 is 1.73 bits per heavy atom. The van der Waals surface area contributed by atoms with E-state index in [2.05, 4.69) is 0 Å². The van der Waals surface area contributed by atoms with E-state index < -0.39 is 5.09 Å². The van der Waals surface area contributed by atoms with E-state index in [9.17, 15) is 0 Å². The molecule has 84 valence electrons. The van der Waals surface area contributed by atoms with Crippen molar-refractivity contribution in [1.29, 1.82) is 0 Å². The Morgan fingerprint density at radius 1 is 1.33 bits per heavy atom. The van der Waals surface area contributed by atoms with Gasteiger partial charge >= 0.3 is 0 Å². The lowest BCUT2D eigenvalue weighted by Gasteiger charge is -2.21. The minimum Gasteiger partial charge on any atom is -0.395 e. The SMILES string of the molecule is CC(C)(CO)c1ccccc1.O=[N+]([O-])O. The molecule has 0 atom stereocenters. The molecular formula is C10H15NO4. The first-order valence-electron chi connectivity index (χ1n) is 4.40. The van der Waals surface area contributed by atoms with Crippen LogP contribution < -0.4 is 0 Å². The molecule has 0 aromatic heterocycles. The number of aliphatic hydroxyl groups excluding tert-OH is 1. The molecule has 1 aromatic rings. The summed E-state index contributed by atoms with van der Waals surface area (Å²) in [4.78, 5) is 8.36. The molecule has 0 bridgehead atoms. The van der Waals surface area contributed by atoms with Gasteiger partial charge in [0.25, 0.3) is 5.09 Å². The van der Waals surface area contributed by atoms with Gasteiger partial charge in [0.15, 0.2) is 0 Å². The molecule has 0 radical (unpaired) electrons. The van der Waals surface area contributed by atoms with Gasteiger partial charge in [-0.25, -0.2) is 0 Å². The van der Waals surface area contributed by atoms with E-state index in [1.165, 1.54) is 5.56 Å². The van der Waals surface area contributed by atoms with E-state index in [0.29, 0.717) is 0 Å². The summed E-state index contributed by atoms with van der Waals surface area (Å²) in [7, 11) is 0. The molecule has 2 N–H and O–H groups in total. The minimum atomic E-state index is -1.50. The molecule has 0 amide bonds. The number of aliphatic hydroxyl groups is 1. The monoisotopic (exact) mass is 213 g/mol. The minimum absolute atomic E-state index is 0.110. The maximum atomic E-state index is 9.05. The van der Waals surface area contributed by atoms with Crippen LogP contribution in [0.5, 0.6) is 0 Å². The van der Waals surface area contributed by atoms with Crippen LogP contribution in [0.3, 0.4) is 0 Å². The zero-order valence-electron chi connectivity index (χ0n) is 8.75. The Balaban J connectivity index is 0.000000423. The third kappa shape index (κ3) is 5.64. The lowest BCUT2D eigenvalue weighted by atomic mass is 9.86. The largest absolute Gasteiger partial charge is 0.395 e. The molecule has 5 heteroatoms. The van der Waals surface area contributed by atoms with Crippen molar-refractivity contribution in [2.75, 3.05) is 6.61 Å². The van der Waals surface area contributed by atoms with E-state index >= 15 is 0 Å². The normalized spacial score (nSPS) is 10.1. The average Bonchev–Trinajstić information content (AvgIpc) is 2.18. The summed E-state index contributed by atoms with van der Waals surface area (Å²) in [6.45, 7) is 4.25. The lowest BCUT2D eigenvalue weighted by molar-refractivity contribution is -0.742. The zero-order chi connectivity index (χ0) is 11.9. The van der Waals surface area contributed by atoms with Crippen LogP contribution in [0.4, 0.5) is 0 Å². The third-order valence-electron chi connectivity index (χ3n) is 1.95. The highest BCUT2D eigenvalue weighted by Gasteiger charge is 2.17. The molecule has 0 fully saturated rings. The van der Waals surface area contributed by atoms with E-state index in [1.54, 1.807) is 0 Å². The smallest absolute Gasteiger partial charge is 0.291 e. The molecule has 0 saturated heterocycles. The summed E-state index contributed by atoms with van der Waals surface area (Å²) < 4.78 is 0. The number of nitrogens with zero attached hydrogens (tertiary/aromatic N) is 1. The molecule has 0 heterocycles. The van der Waals surface area contributed by atoms with Crippen LogP contribution in [0.2, 0.25) is 0 Å². The fourth-order valence-electron chi connectivity index (χ4n) is 0.981. The summed E-state index contributed by atoms with van der Waals surface area (Å²) in [5.41, 5.74) is 1.07. The van der Waals surface area contributed by atoms with Crippen LogP contribution in [0.25, 0.3) is 0 Å². The maximum Gasteiger partial charge on any atom is 0.291 e. The van der Waals surface area contributed by atoms with Gasteiger partial charge in [-0.05, 0) is 5.56 Å². The van der Waals surface area contributed by atoms with Crippen LogP contribution >= 0.6 is 0 Å². The van der Waals surface area contributed by atoms with Crippen LogP contribution in [-0.4, -0.2) is 22.0 Å². The predicted molar refractivity (Wildman–Crippen MR) is 55.3 cm³/mol. The van der Waals surface area contributed by atoms with E-state index in [1.807, 2.05) is 44.2 Å². The van der Waals surface area contributed by atoms with Crippen molar-refractivity contribution in [3.63, 3.8) is 0 Å². The highest BCUT2D eigenvalue weighted by Crippen LogP contribution is 2.21. The number of rotatable bonds is 2. The second-order valence-corrected chi connectivity index (χ2v) is 3.65. The van der Waals surface area contributed by atoms with Gasteiger partial charge in [0.05, 0.1) is 6.61 Å². The van der Waals surface area contributed by atoms with Gasteiger partial charge in [-0.15, -0.1) is 10.1 Å². The van der Waals surface area contributed by atoms with Crippen molar-refractivity contribution in [2.45, 2.75) is 19.3 Å². The maximum absolute atomic E-state index is 9.05. The topological polar surface area (TPSA) is 83.6 Å². The molecule has 0 aliphatic carbocycles. The second kappa shape index (κ2) is 5.98. The molecule has 0 spiro atoms. The zero-order valence-corrected chi connectivity index (χ0v) is 8.75. The van der Waals surface area contributed by atoms with Crippen molar-refractivity contribution in [3.05, 3.63) is 46.0 Å². The summed E-state index contributed by atoms with van der Waals surface area (Å²) in [6.07, 6.45) is 0. The van der Waals surface area contributed by atoms with Crippen molar-refractivity contribution in [2.24, 2.45) is 0 Å². The summed E-state index contributed by atoms with van der Waals surface area (Å²) >= 11 is 0. The van der Waals surface area contributed by atoms with Crippen LogP contribution in [0.1, 0.15) is 19.4 Å². The molecule has 15 heavy (non-hydrogen) atoms. The van der Waals surface area contributed by atoms with Gasteiger partial charge in [0.1, 0.15) is 0 Å². The standard InChI is InChI=1S/C10H14O.HNO3/c1-10(2,8-11)9-6-4-3-5-7-9;2-1(3)4/h3-7,11H,8H2,1-2H3;(H,2,3,4). The molecule has 0 unspecified atom stereocenters. The Labute approximate surface area is 88.1 Å². The van der Waals surface area contributed by atoms with Gasteiger partial charge in [-0.3, -0.25) is 0 Å². The highest BCUT2D eigenvalue weighted by atomic mass is 16.9. The number of hydrogen-bond acceptors (Lipinski definition) is 3. The van der Waals surface area contributed by atoms with Gasteiger partial charge < -0.3 is 10.3 Å². The van der Waals surface area contributed by atoms with Gasteiger partial charge in [-0.2, -0.15) is 0 Å². The van der Waals surface area contributed by atoms with Crippen LogP contribution in [-0.2, 0) is 5.41 Å². The molecule has 0 aliphatic heterocycles. The lowest BCUT2D eigenvalue weighted by Crippen LogP contribution is -2.21. The van der Waals surface area contributed by atoms with Crippen LogP contribution in [0.15, 0.2) is 30.3 Å². The highest BCUT2D eigenvalue weighted by molar-refractivity contribution is 5.23. The summed E-state index contributed by atoms with van der Waals surface area (Å²) in [6, 6.07) is 10.0. The van der Waals surface area contributed by atoms with E-state index in [4.69, 9.17) is 20.4 Å². The Kier molecular flexibility index (Phi) is 5.33.